The van der Waals surface area contributed by atoms with Gasteiger partial charge in [0.15, 0.2) is 0 Å². The first-order valence-corrected chi connectivity index (χ1v) is 10.8. The van der Waals surface area contributed by atoms with Crippen LogP contribution < -0.4 is 15.0 Å². The van der Waals surface area contributed by atoms with Crippen molar-refractivity contribution in [3.8, 4) is 5.75 Å². The van der Waals surface area contributed by atoms with Crippen molar-refractivity contribution in [3.63, 3.8) is 0 Å². The fourth-order valence-corrected chi connectivity index (χ4v) is 3.64. The van der Waals surface area contributed by atoms with Gasteiger partial charge in [0.05, 0.1) is 11.3 Å². The number of halogens is 3. The largest absolute Gasteiger partial charge is 0.422 e. The predicted molar refractivity (Wildman–Crippen MR) is 126 cm³/mol. The zero-order valence-corrected chi connectivity index (χ0v) is 19.4. The van der Waals surface area contributed by atoms with Gasteiger partial charge in [-0.3, -0.25) is 14.9 Å². The fourth-order valence-electron chi connectivity index (χ4n) is 3.13. The summed E-state index contributed by atoms with van der Waals surface area (Å²) >= 11 is 9.14. The van der Waals surface area contributed by atoms with Crippen molar-refractivity contribution in [2.24, 2.45) is 0 Å². The number of imide groups is 2. The van der Waals surface area contributed by atoms with Crippen LogP contribution in [0.1, 0.15) is 15.9 Å². The number of nitrogens with zero attached hydrogens (tertiary/aromatic N) is 1. The van der Waals surface area contributed by atoms with E-state index < -0.39 is 35.2 Å². The molecule has 1 heterocycles. The van der Waals surface area contributed by atoms with Gasteiger partial charge in [-0.15, -0.1) is 0 Å². The standard InChI is InChI=1S/C24H13BrClFN2O5/c25-15-7-10-20(34-23(32)13-5-8-16(26)9-6-13)14(11-15)12-17-21(30)28-24(33)29(22(17)31)19-4-2-1-3-18(19)27/h1-12H,(H,28,30,33)/b17-12-. The second-order valence-electron chi connectivity index (χ2n) is 6.99. The lowest BCUT2D eigenvalue weighted by Crippen LogP contribution is -2.54. The van der Waals surface area contributed by atoms with E-state index in [0.717, 1.165) is 12.1 Å². The molecule has 1 aliphatic rings. The monoisotopic (exact) mass is 542 g/mol. The quantitative estimate of drug-likeness (QED) is 0.213. The molecule has 7 nitrogen and oxygen atoms in total. The summed E-state index contributed by atoms with van der Waals surface area (Å²) in [6.07, 6.45) is 1.16. The summed E-state index contributed by atoms with van der Waals surface area (Å²) in [6.45, 7) is 0. The molecular weight excluding hydrogens is 531 g/mol. The number of rotatable bonds is 4. The van der Waals surface area contributed by atoms with E-state index in [1.54, 1.807) is 6.07 Å². The molecule has 0 aliphatic carbocycles. The molecule has 1 aliphatic heterocycles. The third-order valence-corrected chi connectivity index (χ3v) is 5.49. The Kier molecular flexibility index (Phi) is 6.58. The molecule has 0 atom stereocenters. The maximum absolute atomic E-state index is 14.3. The minimum absolute atomic E-state index is 0.0468. The summed E-state index contributed by atoms with van der Waals surface area (Å²) < 4.78 is 20.3. The van der Waals surface area contributed by atoms with Crippen molar-refractivity contribution in [2.75, 3.05) is 4.90 Å². The molecular formula is C24H13BrClFN2O5. The van der Waals surface area contributed by atoms with E-state index in [2.05, 4.69) is 15.9 Å². The van der Waals surface area contributed by atoms with Crippen molar-refractivity contribution >= 4 is 63.1 Å². The Balaban J connectivity index is 1.72. The lowest BCUT2D eigenvalue weighted by molar-refractivity contribution is -0.122. The van der Waals surface area contributed by atoms with Gasteiger partial charge >= 0.3 is 12.0 Å². The number of nitrogens with one attached hydrogen (secondary N) is 1. The molecule has 1 fully saturated rings. The van der Waals surface area contributed by atoms with Crippen LogP contribution in [0.2, 0.25) is 5.02 Å². The SMILES string of the molecule is O=C1NC(=O)N(c2ccccc2F)C(=O)/C1=C\c1cc(Br)ccc1OC(=O)c1ccc(Cl)cc1. The van der Waals surface area contributed by atoms with Gasteiger partial charge in [-0.05, 0) is 60.7 Å². The van der Waals surface area contributed by atoms with Gasteiger partial charge in [-0.2, -0.15) is 0 Å². The Morgan fingerprint density at radius 1 is 1.03 bits per heavy atom. The third-order valence-electron chi connectivity index (χ3n) is 4.75. The van der Waals surface area contributed by atoms with Gasteiger partial charge < -0.3 is 4.74 Å². The van der Waals surface area contributed by atoms with Crippen LogP contribution in [0.4, 0.5) is 14.9 Å². The van der Waals surface area contributed by atoms with Crippen molar-refractivity contribution in [2.45, 2.75) is 0 Å². The Morgan fingerprint density at radius 3 is 2.44 bits per heavy atom. The third kappa shape index (κ3) is 4.75. The number of urea groups is 1. The maximum atomic E-state index is 14.3. The average molecular weight is 544 g/mol. The first-order chi connectivity index (χ1) is 16.2. The Morgan fingerprint density at radius 2 is 1.74 bits per heavy atom. The molecule has 0 aromatic heterocycles. The van der Waals surface area contributed by atoms with Crippen molar-refractivity contribution in [1.29, 1.82) is 0 Å². The predicted octanol–water partition coefficient (Wildman–Crippen LogP) is 5.13. The van der Waals surface area contributed by atoms with Crippen LogP contribution in [-0.4, -0.2) is 23.8 Å². The van der Waals surface area contributed by atoms with Gasteiger partial charge in [0.1, 0.15) is 17.1 Å². The van der Waals surface area contributed by atoms with E-state index in [4.69, 9.17) is 16.3 Å². The number of hydrogen-bond donors (Lipinski definition) is 1. The highest BCUT2D eigenvalue weighted by molar-refractivity contribution is 9.10. The van der Waals surface area contributed by atoms with Crippen LogP contribution in [0.25, 0.3) is 6.08 Å². The molecule has 3 aromatic rings. The number of anilines is 1. The summed E-state index contributed by atoms with van der Waals surface area (Å²) in [7, 11) is 0. The van der Waals surface area contributed by atoms with Crippen LogP contribution in [0.15, 0.2) is 76.8 Å². The zero-order valence-electron chi connectivity index (χ0n) is 17.1. The van der Waals surface area contributed by atoms with E-state index >= 15 is 0 Å². The topological polar surface area (TPSA) is 92.8 Å². The minimum Gasteiger partial charge on any atom is -0.422 e. The van der Waals surface area contributed by atoms with E-state index in [-0.39, 0.29) is 22.6 Å². The number of carbonyl (C=O) groups is 4. The highest BCUT2D eigenvalue weighted by atomic mass is 79.9. The molecule has 4 amide bonds. The van der Waals surface area contributed by atoms with Crippen molar-refractivity contribution < 1.29 is 28.3 Å². The molecule has 0 unspecified atom stereocenters. The summed E-state index contributed by atoms with van der Waals surface area (Å²) in [5, 5.41) is 2.47. The summed E-state index contributed by atoms with van der Waals surface area (Å²) in [6, 6.07) is 14.7. The van der Waals surface area contributed by atoms with E-state index in [9.17, 15) is 23.6 Å². The van der Waals surface area contributed by atoms with Crippen LogP contribution in [-0.2, 0) is 9.59 Å². The van der Waals surface area contributed by atoms with Crippen LogP contribution in [0.3, 0.4) is 0 Å². The second kappa shape index (κ2) is 9.58. The molecule has 34 heavy (non-hydrogen) atoms. The summed E-state index contributed by atoms with van der Waals surface area (Å²) in [4.78, 5) is 50.9. The second-order valence-corrected chi connectivity index (χ2v) is 8.34. The Labute approximate surface area is 205 Å². The lowest BCUT2D eigenvalue weighted by Gasteiger charge is -2.26. The fraction of sp³-hybridized carbons (Fsp3) is 0. The number of amides is 4. The number of benzene rings is 3. The smallest absolute Gasteiger partial charge is 0.343 e. The number of carbonyl (C=O) groups excluding carboxylic acids is 4. The van der Waals surface area contributed by atoms with Crippen LogP contribution in [0, 0.1) is 5.82 Å². The molecule has 4 rings (SSSR count). The van der Waals surface area contributed by atoms with Gasteiger partial charge in [-0.25, -0.2) is 18.9 Å². The van der Waals surface area contributed by atoms with Crippen LogP contribution in [0.5, 0.6) is 5.75 Å². The highest BCUT2D eigenvalue weighted by Crippen LogP contribution is 2.29. The molecule has 0 radical (unpaired) electrons. The number of esters is 1. The minimum atomic E-state index is -1.08. The van der Waals surface area contributed by atoms with Gasteiger partial charge in [0.25, 0.3) is 11.8 Å². The zero-order chi connectivity index (χ0) is 24.4. The summed E-state index contributed by atoms with van der Waals surface area (Å²) in [5.41, 5.74) is -0.344. The molecule has 1 N–H and O–H groups in total. The van der Waals surface area contributed by atoms with Gasteiger partial charge in [0.2, 0.25) is 0 Å². The van der Waals surface area contributed by atoms with Gasteiger partial charge in [-0.1, -0.05) is 39.7 Å². The van der Waals surface area contributed by atoms with E-state index in [1.807, 2.05) is 5.32 Å². The summed E-state index contributed by atoms with van der Waals surface area (Å²) in [5.74, 6) is -3.47. The first-order valence-electron chi connectivity index (χ1n) is 9.68. The van der Waals surface area contributed by atoms with Crippen molar-refractivity contribution in [1.82, 2.24) is 5.32 Å². The highest BCUT2D eigenvalue weighted by Gasteiger charge is 2.38. The lowest BCUT2D eigenvalue weighted by atomic mass is 10.1. The Hall–Kier alpha value is -3.82. The van der Waals surface area contributed by atoms with Gasteiger partial charge in [0, 0.05) is 15.1 Å². The van der Waals surface area contributed by atoms with Crippen LogP contribution >= 0.6 is 27.5 Å². The molecule has 0 bridgehead atoms. The average Bonchev–Trinajstić information content (AvgIpc) is 2.79. The molecule has 0 saturated carbocycles. The molecule has 0 spiro atoms. The number of para-hydroxylation sites is 1. The molecule has 170 valence electrons. The molecule has 1 saturated heterocycles. The maximum Gasteiger partial charge on any atom is 0.343 e. The van der Waals surface area contributed by atoms with E-state index in [1.165, 1.54) is 54.6 Å². The van der Waals surface area contributed by atoms with E-state index in [0.29, 0.717) is 14.4 Å². The number of barbiturate groups is 1. The first kappa shape index (κ1) is 23.3. The molecule has 10 heteroatoms. The molecule has 3 aromatic carbocycles. The number of hydrogen-bond acceptors (Lipinski definition) is 5. The number of ether oxygens (including phenoxy) is 1. The Bertz CT molecular complexity index is 1370. The normalized spacial score (nSPS) is 14.9. The van der Waals surface area contributed by atoms with Crippen molar-refractivity contribution in [3.05, 3.63) is 98.7 Å².